The molecule has 1 saturated heterocycles. The van der Waals surface area contributed by atoms with Crippen LogP contribution in [0, 0.1) is 0 Å². The van der Waals surface area contributed by atoms with Gasteiger partial charge in [0.05, 0.1) is 17.9 Å². The highest BCUT2D eigenvalue weighted by Crippen LogP contribution is 2.33. The van der Waals surface area contributed by atoms with Gasteiger partial charge in [-0.1, -0.05) is 13.8 Å². The zero-order chi connectivity index (χ0) is 14.8. The fourth-order valence-corrected chi connectivity index (χ4v) is 2.70. The molecule has 0 N–H and O–H groups in total. The molecule has 3 rings (SSSR count). The number of carbonyl (C=O) groups is 1. The average molecular weight is 285 g/mol. The molecule has 1 fully saturated rings. The summed E-state index contributed by atoms with van der Waals surface area (Å²) in [6, 6.07) is 3.81. The van der Waals surface area contributed by atoms with Gasteiger partial charge in [0.2, 0.25) is 0 Å². The first kappa shape index (κ1) is 13.8. The molecule has 1 unspecified atom stereocenters. The van der Waals surface area contributed by atoms with Crippen molar-refractivity contribution >= 4 is 5.91 Å². The van der Waals surface area contributed by atoms with Gasteiger partial charge in [0, 0.05) is 24.9 Å². The van der Waals surface area contributed by atoms with Gasteiger partial charge in [0.15, 0.2) is 0 Å². The maximum Gasteiger partial charge on any atom is 0.257 e. The predicted octanol–water partition coefficient (Wildman–Crippen LogP) is 3.17. The lowest BCUT2D eigenvalue weighted by Gasteiger charge is -2.23. The van der Waals surface area contributed by atoms with E-state index in [2.05, 4.69) is 9.97 Å². The molecule has 21 heavy (non-hydrogen) atoms. The van der Waals surface area contributed by atoms with E-state index in [1.807, 2.05) is 30.9 Å². The highest BCUT2D eigenvalue weighted by molar-refractivity contribution is 5.94. The fraction of sp³-hybridized carbons (Fsp3) is 0.438. The highest BCUT2D eigenvalue weighted by atomic mass is 16.3. The van der Waals surface area contributed by atoms with Gasteiger partial charge in [-0.3, -0.25) is 4.79 Å². The number of nitrogens with zero attached hydrogens (tertiary/aromatic N) is 3. The van der Waals surface area contributed by atoms with Gasteiger partial charge in [-0.05, 0) is 25.0 Å². The number of hydrogen-bond donors (Lipinski definition) is 0. The van der Waals surface area contributed by atoms with Crippen LogP contribution in [0.4, 0.5) is 0 Å². The van der Waals surface area contributed by atoms with Gasteiger partial charge < -0.3 is 9.32 Å². The maximum atomic E-state index is 12.6. The van der Waals surface area contributed by atoms with Crippen LogP contribution in [0.2, 0.25) is 0 Å². The van der Waals surface area contributed by atoms with Crippen LogP contribution in [0.5, 0.6) is 0 Å². The molecule has 1 amide bonds. The Bertz CT molecular complexity index is 605. The molecule has 0 spiro atoms. The summed E-state index contributed by atoms with van der Waals surface area (Å²) in [4.78, 5) is 23.0. The highest BCUT2D eigenvalue weighted by Gasteiger charge is 2.32. The van der Waals surface area contributed by atoms with Crippen molar-refractivity contribution in [3.63, 3.8) is 0 Å². The molecule has 5 nitrogen and oxygen atoms in total. The predicted molar refractivity (Wildman–Crippen MR) is 77.8 cm³/mol. The van der Waals surface area contributed by atoms with E-state index >= 15 is 0 Å². The van der Waals surface area contributed by atoms with E-state index in [-0.39, 0.29) is 17.9 Å². The maximum absolute atomic E-state index is 12.6. The molecule has 110 valence electrons. The summed E-state index contributed by atoms with van der Waals surface area (Å²) in [6.45, 7) is 4.81. The van der Waals surface area contributed by atoms with Crippen molar-refractivity contribution in [2.45, 2.75) is 38.6 Å². The van der Waals surface area contributed by atoms with Crippen molar-refractivity contribution < 1.29 is 9.21 Å². The summed E-state index contributed by atoms with van der Waals surface area (Å²) in [5, 5.41) is 0. The molecule has 0 radical (unpaired) electrons. The van der Waals surface area contributed by atoms with Crippen LogP contribution < -0.4 is 0 Å². The van der Waals surface area contributed by atoms with Crippen molar-refractivity contribution in [3.8, 4) is 0 Å². The minimum atomic E-state index is -0.0239. The van der Waals surface area contributed by atoms with Crippen molar-refractivity contribution in [2.24, 2.45) is 0 Å². The second-order valence-electron chi connectivity index (χ2n) is 5.66. The van der Waals surface area contributed by atoms with Crippen LogP contribution in [0.1, 0.15) is 60.6 Å². The first-order valence-electron chi connectivity index (χ1n) is 7.33. The Balaban J connectivity index is 1.81. The first-order chi connectivity index (χ1) is 10.2. The number of amides is 1. The smallest absolute Gasteiger partial charge is 0.257 e. The van der Waals surface area contributed by atoms with Gasteiger partial charge in [0.1, 0.15) is 11.6 Å². The molecular weight excluding hydrogens is 266 g/mol. The Morgan fingerprint density at radius 1 is 1.38 bits per heavy atom. The summed E-state index contributed by atoms with van der Waals surface area (Å²) in [6.07, 6.45) is 6.83. The Hall–Kier alpha value is -2.17. The van der Waals surface area contributed by atoms with Crippen molar-refractivity contribution in [1.82, 2.24) is 14.9 Å². The fourth-order valence-electron chi connectivity index (χ4n) is 2.70. The molecular formula is C16H19N3O2. The van der Waals surface area contributed by atoms with E-state index in [4.69, 9.17) is 4.42 Å². The molecule has 2 aromatic rings. The van der Waals surface area contributed by atoms with Gasteiger partial charge in [-0.2, -0.15) is 0 Å². The quantitative estimate of drug-likeness (QED) is 0.869. The van der Waals surface area contributed by atoms with Crippen molar-refractivity contribution in [1.29, 1.82) is 0 Å². The third-order valence-electron chi connectivity index (χ3n) is 3.82. The third kappa shape index (κ3) is 2.68. The van der Waals surface area contributed by atoms with E-state index in [1.54, 1.807) is 18.7 Å². The number of hydrogen-bond acceptors (Lipinski definition) is 4. The molecule has 0 bridgehead atoms. The van der Waals surface area contributed by atoms with Crippen LogP contribution in [-0.4, -0.2) is 27.3 Å². The Kier molecular flexibility index (Phi) is 3.73. The van der Waals surface area contributed by atoms with Gasteiger partial charge in [0.25, 0.3) is 5.91 Å². The normalized spacial score (nSPS) is 18.4. The minimum absolute atomic E-state index is 0.0239. The summed E-state index contributed by atoms with van der Waals surface area (Å²) in [5.74, 6) is 1.84. The molecule has 2 aromatic heterocycles. The standard InChI is InChI=1S/C16H19N3O2/c1-11(2)15-17-9-12(10-18-15)16(20)19-7-3-5-13(19)14-6-4-8-21-14/h4,6,8-11,13H,3,5,7H2,1-2H3. The summed E-state index contributed by atoms with van der Waals surface area (Å²) >= 11 is 0. The zero-order valence-electron chi connectivity index (χ0n) is 12.3. The number of furan rings is 1. The van der Waals surface area contributed by atoms with E-state index in [0.29, 0.717) is 5.56 Å². The lowest BCUT2D eigenvalue weighted by atomic mass is 10.1. The molecule has 0 saturated carbocycles. The van der Waals surface area contributed by atoms with E-state index in [1.165, 1.54) is 0 Å². The van der Waals surface area contributed by atoms with Crippen LogP contribution in [0.15, 0.2) is 35.2 Å². The number of aromatic nitrogens is 2. The zero-order valence-corrected chi connectivity index (χ0v) is 12.3. The Morgan fingerprint density at radius 2 is 2.14 bits per heavy atom. The first-order valence-corrected chi connectivity index (χ1v) is 7.33. The van der Waals surface area contributed by atoms with Crippen molar-refractivity contribution in [3.05, 3.63) is 47.9 Å². The summed E-state index contributed by atoms with van der Waals surface area (Å²) < 4.78 is 5.46. The number of rotatable bonds is 3. The molecule has 5 heteroatoms. The van der Waals surface area contributed by atoms with Crippen LogP contribution >= 0.6 is 0 Å². The second-order valence-corrected chi connectivity index (χ2v) is 5.66. The van der Waals surface area contributed by atoms with Crippen LogP contribution in [-0.2, 0) is 0 Å². The second kappa shape index (κ2) is 5.68. The van der Waals surface area contributed by atoms with E-state index in [9.17, 15) is 4.79 Å². The van der Waals surface area contributed by atoms with Crippen LogP contribution in [0.25, 0.3) is 0 Å². The van der Waals surface area contributed by atoms with E-state index < -0.39 is 0 Å². The Labute approximate surface area is 124 Å². The van der Waals surface area contributed by atoms with E-state index in [0.717, 1.165) is 31.0 Å². The van der Waals surface area contributed by atoms with Crippen molar-refractivity contribution in [2.75, 3.05) is 6.54 Å². The molecule has 3 heterocycles. The van der Waals surface area contributed by atoms with Gasteiger partial charge >= 0.3 is 0 Å². The molecule has 0 aromatic carbocycles. The topological polar surface area (TPSA) is 59.2 Å². The Morgan fingerprint density at radius 3 is 2.76 bits per heavy atom. The molecule has 1 aliphatic rings. The van der Waals surface area contributed by atoms with Crippen LogP contribution in [0.3, 0.4) is 0 Å². The molecule has 1 atom stereocenters. The lowest BCUT2D eigenvalue weighted by Crippen LogP contribution is -2.30. The monoisotopic (exact) mass is 285 g/mol. The number of likely N-dealkylation sites (tertiary alicyclic amines) is 1. The summed E-state index contributed by atoms with van der Waals surface area (Å²) in [5.41, 5.74) is 0.540. The SMILES string of the molecule is CC(C)c1ncc(C(=O)N2CCCC2c2ccco2)cn1. The minimum Gasteiger partial charge on any atom is -0.467 e. The summed E-state index contributed by atoms with van der Waals surface area (Å²) in [7, 11) is 0. The number of carbonyl (C=O) groups excluding carboxylic acids is 1. The lowest BCUT2D eigenvalue weighted by molar-refractivity contribution is 0.0719. The largest absolute Gasteiger partial charge is 0.467 e. The van der Waals surface area contributed by atoms with Gasteiger partial charge in [-0.15, -0.1) is 0 Å². The van der Waals surface area contributed by atoms with Gasteiger partial charge in [-0.25, -0.2) is 9.97 Å². The molecule has 0 aliphatic carbocycles. The average Bonchev–Trinajstić information content (AvgIpc) is 3.17. The third-order valence-corrected chi connectivity index (χ3v) is 3.82. The molecule has 1 aliphatic heterocycles.